The smallest absolute Gasteiger partial charge is 0.325 e. The normalized spacial score (nSPS) is 12.4. The van der Waals surface area contributed by atoms with Gasteiger partial charge in [-0.3, -0.25) is 4.79 Å². The number of carbonyl (C=O) groups is 1. The van der Waals surface area contributed by atoms with Gasteiger partial charge in [-0.2, -0.15) is 0 Å². The molecule has 0 aliphatic carbocycles. The van der Waals surface area contributed by atoms with Crippen LogP contribution in [0.15, 0.2) is 18.2 Å². The zero-order chi connectivity index (χ0) is 12.8. The Labute approximate surface area is 111 Å². The van der Waals surface area contributed by atoms with Gasteiger partial charge < -0.3 is 10.4 Å². The second-order valence-corrected chi connectivity index (χ2v) is 4.51. The Bertz CT molecular complexity index is 396. The Morgan fingerprint density at radius 1 is 1.47 bits per heavy atom. The fraction of sp³-hybridized carbons (Fsp3) is 0.417. The van der Waals surface area contributed by atoms with Crippen LogP contribution in [0.3, 0.4) is 0 Å². The minimum atomic E-state index is -0.953. The maximum absolute atomic E-state index is 11.2. The van der Waals surface area contributed by atoms with Gasteiger partial charge in [0, 0.05) is 5.56 Å². The first-order valence-electron chi connectivity index (χ1n) is 5.48. The van der Waals surface area contributed by atoms with Crippen LogP contribution in [-0.2, 0) is 4.79 Å². The molecule has 0 saturated carbocycles. The van der Waals surface area contributed by atoms with Crippen molar-refractivity contribution in [3.63, 3.8) is 0 Å². The van der Waals surface area contributed by atoms with E-state index in [0.29, 0.717) is 22.2 Å². The summed E-state index contributed by atoms with van der Waals surface area (Å²) in [5, 5.41) is 12.8. The summed E-state index contributed by atoms with van der Waals surface area (Å²) < 4.78 is 0. The van der Waals surface area contributed by atoms with Crippen LogP contribution in [0.25, 0.3) is 0 Å². The summed E-state index contributed by atoms with van der Waals surface area (Å²) in [6.07, 6.45) is 1.92. The Morgan fingerprint density at radius 3 is 2.76 bits per heavy atom. The van der Waals surface area contributed by atoms with Gasteiger partial charge in [0.2, 0.25) is 0 Å². The van der Waals surface area contributed by atoms with Gasteiger partial charge in [0.15, 0.2) is 0 Å². The molecule has 1 aromatic rings. The standard InChI is InChI=1S/C12H15Cl2NO2/c1-2-3-7-15-11(12(16)17)8-5-4-6-9(13)10(8)14/h4-6,11,15H,2-3,7H2,1H3,(H,16,17). The van der Waals surface area contributed by atoms with Crippen molar-refractivity contribution in [1.82, 2.24) is 5.32 Å². The molecule has 2 N–H and O–H groups in total. The third-order valence-corrected chi connectivity index (χ3v) is 3.25. The minimum absolute atomic E-state index is 0.297. The molecule has 1 aromatic carbocycles. The molecule has 94 valence electrons. The van der Waals surface area contributed by atoms with Crippen LogP contribution in [0.4, 0.5) is 0 Å². The largest absolute Gasteiger partial charge is 0.480 e. The Hall–Kier alpha value is -0.770. The summed E-state index contributed by atoms with van der Waals surface area (Å²) in [7, 11) is 0. The molecule has 0 aromatic heterocycles. The van der Waals surface area contributed by atoms with Gasteiger partial charge in [-0.15, -0.1) is 0 Å². The number of hydrogen-bond acceptors (Lipinski definition) is 2. The van der Waals surface area contributed by atoms with Crippen molar-refractivity contribution in [2.75, 3.05) is 6.54 Å². The number of carboxylic acids is 1. The lowest BCUT2D eigenvalue weighted by molar-refractivity contribution is -0.139. The van der Waals surface area contributed by atoms with Gasteiger partial charge in [-0.1, -0.05) is 48.7 Å². The zero-order valence-electron chi connectivity index (χ0n) is 9.54. The summed E-state index contributed by atoms with van der Waals surface area (Å²) >= 11 is 11.9. The van der Waals surface area contributed by atoms with Crippen molar-refractivity contribution >= 4 is 29.2 Å². The van der Waals surface area contributed by atoms with Crippen molar-refractivity contribution in [1.29, 1.82) is 0 Å². The lowest BCUT2D eigenvalue weighted by Crippen LogP contribution is -2.29. The number of nitrogens with one attached hydrogen (secondary N) is 1. The fourth-order valence-corrected chi connectivity index (χ4v) is 1.91. The molecule has 1 unspecified atom stereocenters. The average molecular weight is 276 g/mol. The number of benzene rings is 1. The molecule has 0 fully saturated rings. The highest BCUT2D eigenvalue weighted by atomic mass is 35.5. The summed E-state index contributed by atoms with van der Waals surface area (Å²) in [4.78, 5) is 11.2. The lowest BCUT2D eigenvalue weighted by atomic mass is 10.1. The van der Waals surface area contributed by atoms with E-state index in [1.54, 1.807) is 18.2 Å². The van der Waals surface area contributed by atoms with E-state index < -0.39 is 12.0 Å². The molecule has 0 amide bonds. The van der Waals surface area contributed by atoms with E-state index in [-0.39, 0.29) is 0 Å². The second kappa shape index (κ2) is 6.84. The van der Waals surface area contributed by atoms with Crippen molar-refractivity contribution in [2.24, 2.45) is 0 Å². The number of aliphatic carboxylic acids is 1. The highest BCUT2D eigenvalue weighted by molar-refractivity contribution is 6.42. The Balaban J connectivity index is 2.90. The van der Waals surface area contributed by atoms with E-state index in [0.717, 1.165) is 12.8 Å². The lowest BCUT2D eigenvalue weighted by Gasteiger charge is -2.16. The summed E-state index contributed by atoms with van der Waals surface area (Å²) in [5.41, 5.74) is 0.503. The quantitative estimate of drug-likeness (QED) is 0.782. The zero-order valence-corrected chi connectivity index (χ0v) is 11.1. The van der Waals surface area contributed by atoms with Crippen LogP contribution < -0.4 is 5.32 Å². The Kier molecular flexibility index (Phi) is 5.75. The molecule has 0 aliphatic rings. The molecule has 17 heavy (non-hydrogen) atoms. The summed E-state index contributed by atoms with van der Waals surface area (Å²) in [5.74, 6) is -0.953. The molecule has 3 nitrogen and oxygen atoms in total. The van der Waals surface area contributed by atoms with Crippen molar-refractivity contribution < 1.29 is 9.90 Å². The van der Waals surface area contributed by atoms with E-state index >= 15 is 0 Å². The van der Waals surface area contributed by atoms with E-state index in [2.05, 4.69) is 5.32 Å². The van der Waals surface area contributed by atoms with E-state index in [4.69, 9.17) is 23.2 Å². The molecular weight excluding hydrogens is 261 g/mol. The van der Waals surface area contributed by atoms with Crippen LogP contribution in [0.5, 0.6) is 0 Å². The third kappa shape index (κ3) is 3.87. The van der Waals surface area contributed by atoms with Crippen LogP contribution in [-0.4, -0.2) is 17.6 Å². The van der Waals surface area contributed by atoms with Crippen LogP contribution >= 0.6 is 23.2 Å². The first kappa shape index (κ1) is 14.3. The van der Waals surface area contributed by atoms with Crippen LogP contribution in [0.1, 0.15) is 31.4 Å². The predicted molar refractivity (Wildman–Crippen MR) is 69.7 cm³/mol. The van der Waals surface area contributed by atoms with Crippen molar-refractivity contribution in [2.45, 2.75) is 25.8 Å². The number of unbranched alkanes of at least 4 members (excludes halogenated alkanes) is 1. The molecule has 0 spiro atoms. The molecule has 0 heterocycles. The van der Waals surface area contributed by atoms with Gasteiger partial charge in [-0.05, 0) is 19.0 Å². The van der Waals surface area contributed by atoms with Gasteiger partial charge in [0.25, 0.3) is 0 Å². The molecule has 0 bridgehead atoms. The first-order valence-corrected chi connectivity index (χ1v) is 6.23. The predicted octanol–water partition coefficient (Wildman–Crippen LogP) is 3.51. The topological polar surface area (TPSA) is 49.3 Å². The molecule has 1 rings (SSSR count). The van der Waals surface area contributed by atoms with Crippen molar-refractivity contribution in [3.05, 3.63) is 33.8 Å². The second-order valence-electron chi connectivity index (χ2n) is 3.72. The molecule has 0 aliphatic heterocycles. The number of rotatable bonds is 6. The van der Waals surface area contributed by atoms with Crippen molar-refractivity contribution in [3.8, 4) is 0 Å². The van der Waals surface area contributed by atoms with E-state index in [1.165, 1.54) is 0 Å². The maximum Gasteiger partial charge on any atom is 0.325 e. The summed E-state index contributed by atoms with van der Waals surface area (Å²) in [6.45, 7) is 2.68. The maximum atomic E-state index is 11.2. The number of halogens is 2. The highest BCUT2D eigenvalue weighted by Gasteiger charge is 2.22. The van der Waals surface area contributed by atoms with Gasteiger partial charge >= 0.3 is 5.97 Å². The molecule has 1 atom stereocenters. The van der Waals surface area contributed by atoms with Gasteiger partial charge in [0.1, 0.15) is 6.04 Å². The number of hydrogen-bond donors (Lipinski definition) is 2. The van der Waals surface area contributed by atoms with Gasteiger partial charge in [-0.25, -0.2) is 0 Å². The average Bonchev–Trinajstić information content (AvgIpc) is 2.29. The Morgan fingerprint density at radius 2 is 2.18 bits per heavy atom. The monoisotopic (exact) mass is 275 g/mol. The number of carboxylic acid groups (broad SMARTS) is 1. The molecule has 0 radical (unpaired) electrons. The summed E-state index contributed by atoms with van der Waals surface area (Å²) in [6, 6.07) is 4.19. The minimum Gasteiger partial charge on any atom is -0.480 e. The first-order chi connectivity index (χ1) is 8.07. The molecule has 5 heteroatoms. The SMILES string of the molecule is CCCCNC(C(=O)O)c1cccc(Cl)c1Cl. The van der Waals surface area contributed by atoms with E-state index in [9.17, 15) is 9.90 Å². The highest BCUT2D eigenvalue weighted by Crippen LogP contribution is 2.30. The molecular formula is C12H15Cl2NO2. The third-order valence-electron chi connectivity index (χ3n) is 2.42. The van der Waals surface area contributed by atoms with E-state index in [1.807, 2.05) is 6.92 Å². The molecule has 0 saturated heterocycles. The van der Waals surface area contributed by atoms with Crippen LogP contribution in [0.2, 0.25) is 10.0 Å². The van der Waals surface area contributed by atoms with Gasteiger partial charge in [0.05, 0.1) is 10.0 Å². The van der Waals surface area contributed by atoms with Crippen LogP contribution in [0, 0.1) is 0 Å². The fourth-order valence-electron chi connectivity index (χ4n) is 1.50.